The molecule has 0 radical (unpaired) electrons. The minimum atomic E-state index is 0. The van der Waals surface area contributed by atoms with Crippen LogP contribution in [0.5, 0.6) is 0 Å². The van der Waals surface area contributed by atoms with Crippen LogP contribution in [0.2, 0.25) is 0 Å². The number of aldehydes is 1. The zero-order chi connectivity index (χ0) is 12.3. The Morgan fingerprint density at radius 3 is 2.50 bits per heavy atom. The highest BCUT2D eigenvalue weighted by Crippen LogP contribution is 2.09. The molecule has 0 unspecified atom stereocenters. The highest BCUT2D eigenvalue weighted by molar-refractivity contribution is 5.95. The van der Waals surface area contributed by atoms with E-state index in [0.717, 1.165) is 32.5 Å². The highest BCUT2D eigenvalue weighted by atomic mass is 16.2. The molecule has 0 atom stereocenters. The molecule has 0 aliphatic carbocycles. The molecule has 0 bridgehead atoms. The van der Waals surface area contributed by atoms with E-state index in [4.69, 9.17) is 0 Å². The molecule has 0 aromatic heterocycles. The Morgan fingerprint density at radius 1 is 1.22 bits per heavy atom. The number of hydrogen-bond acceptors (Lipinski definition) is 4. The van der Waals surface area contributed by atoms with Crippen molar-refractivity contribution in [2.24, 2.45) is 0 Å². The van der Waals surface area contributed by atoms with Gasteiger partial charge in [-0.2, -0.15) is 0 Å². The van der Waals surface area contributed by atoms with Crippen molar-refractivity contribution in [3.8, 4) is 0 Å². The van der Waals surface area contributed by atoms with Gasteiger partial charge < -0.3 is 16.0 Å². The molecule has 18 heavy (non-hydrogen) atoms. The second kappa shape index (κ2) is 6.28. The molecule has 0 saturated carbocycles. The van der Waals surface area contributed by atoms with Gasteiger partial charge in [0.2, 0.25) is 0 Å². The lowest BCUT2D eigenvalue weighted by molar-refractivity contribution is 0.0664. The van der Waals surface area contributed by atoms with Gasteiger partial charge in [-0.05, 0) is 19.2 Å². The molecule has 2 rings (SSSR count). The highest BCUT2D eigenvalue weighted by Gasteiger charge is 2.20. The Morgan fingerprint density at radius 2 is 1.89 bits per heavy atom. The third-order valence-corrected chi connectivity index (χ3v) is 3.06. The first-order chi connectivity index (χ1) is 8.20. The third kappa shape index (κ3) is 3.15. The van der Waals surface area contributed by atoms with Crippen LogP contribution in [0.3, 0.4) is 0 Å². The van der Waals surface area contributed by atoms with Crippen LogP contribution in [0.1, 0.15) is 20.7 Å². The number of carbonyl (C=O) groups is 2. The molecule has 1 fully saturated rings. The molecule has 1 aromatic rings. The molecule has 1 aliphatic rings. The minimum absolute atomic E-state index is 0. The monoisotopic (exact) mass is 249 g/mol. The van der Waals surface area contributed by atoms with E-state index in [1.807, 2.05) is 4.90 Å². The van der Waals surface area contributed by atoms with Crippen LogP contribution in [-0.2, 0) is 0 Å². The van der Waals surface area contributed by atoms with Crippen molar-refractivity contribution in [3.05, 3.63) is 35.4 Å². The lowest BCUT2D eigenvalue weighted by Crippen LogP contribution is -2.47. The Hall–Kier alpha value is -1.72. The zero-order valence-corrected chi connectivity index (χ0v) is 10.6. The Bertz CT molecular complexity index is 426. The first-order valence-corrected chi connectivity index (χ1v) is 5.74. The van der Waals surface area contributed by atoms with Crippen LogP contribution >= 0.6 is 0 Å². The first kappa shape index (κ1) is 14.3. The van der Waals surface area contributed by atoms with Crippen molar-refractivity contribution < 1.29 is 9.59 Å². The van der Waals surface area contributed by atoms with Gasteiger partial charge in [0.05, 0.1) is 0 Å². The van der Waals surface area contributed by atoms with E-state index in [2.05, 4.69) is 11.9 Å². The molecule has 1 aliphatic heterocycles. The van der Waals surface area contributed by atoms with Crippen molar-refractivity contribution in [1.82, 2.24) is 16.0 Å². The van der Waals surface area contributed by atoms with Crippen LogP contribution in [0.25, 0.3) is 0 Å². The van der Waals surface area contributed by atoms with Gasteiger partial charge in [-0.3, -0.25) is 9.59 Å². The number of piperazine rings is 1. The maximum Gasteiger partial charge on any atom is 0.253 e. The number of carbonyl (C=O) groups excluding carboxylic acids is 2. The van der Waals surface area contributed by atoms with Crippen molar-refractivity contribution >= 4 is 12.2 Å². The standard InChI is InChI=1S/C13H16N2O2.H3N/c1-14-5-7-15(8-6-14)13(17)12-4-2-3-11(9-12)10-16;/h2-4,9-10H,5-8H2,1H3;1H3. The minimum Gasteiger partial charge on any atom is -0.344 e. The lowest BCUT2D eigenvalue weighted by atomic mass is 10.1. The van der Waals surface area contributed by atoms with Gasteiger partial charge in [0.25, 0.3) is 5.91 Å². The van der Waals surface area contributed by atoms with Crippen molar-refractivity contribution in [1.29, 1.82) is 0 Å². The summed E-state index contributed by atoms with van der Waals surface area (Å²) in [4.78, 5) is 26.9. The topological polar surface area (TPSA) is 75.6 Å². The molecule has 5 heteroatoms. The first-order valence-electron chi connectivity index (χ1n) is 5.74. The van der Waals surface area contributed by atoms with Crippen LogP contribution in [0, 0.1) is 0 Å². The van der Waals surface area contributed by atoms with Crippen LogP contribution in [0.4, 0.5) is 0 Å². The Kier molecular flexibility index (Phi) is 5.00. The second-order valence-corrected chi connectivity index (χ2v) is 4.34. The number of benzene rings is 1. The molecule has 98 valence electrons. The van der Waals surface area contributed by atoms with Gasteiger partial charge in [0, 0.05) is 37.3 Å². The van der Waals surface area contributed by atoms with Crippen molar-refractivity contribution in [2.75, 3.05) is 33.2 Å². The number of likely N-dealkylation sites (N-methyl/N-ethyl adjacent to an activating group) is 1. The predicted octanol–water partition coefficient (Wildman–Crippen LogP) is 1.05. The smallest absolute Gasteiger partial charge is 0.253 e. The summed E-state index contributed by atoms with van der Waals surface area (Å²) in [6.07, 6.45) is 0.765. The Balaban J connectivity index is 0.00000162. The molecular weight excluding hydrogens is 230 g/mol. The van der Waals surface area contributed by atoms with Gasteiger partial charge in [0.1, 0.15) is 6.29 Å². The largest absolute Gasteiger partial charge is 0.344 e. The third-order valence-electron chi connectivity index (χ3n) is 3.06. The number of hydrogen-bond donors (Lipinski definition) is 1. The van der Waals surface area contributed by atoms with E-state index in [0.29, 0.717) is 11.1 Å². The fourth-order valence-corrected chi connectivity index (χ4v) is 1.94. The molecular formula is C13H19N3O2. The lowest BCUT2D eigenvalue weighted by Gasteiger charge is -2.32. The van der Waals surface area contributed by atoms with E-state index in [-0.39, 0.29) is 12.1 Å². The summed E-state index contributed by atoms with van der Waals surface area (Å²) in [7, 11) is 2.05. The van der Waals surface area contributed by atoms with Crippen LogP contribution in [0.15, 0.2) is 24.3 Å². The van der Waals surface area contributed by atoms with E-state index in [1.54, 1.807) is 24.3 Å². The molecule has 1 heterocycles. The summed E-state index contributed by atoms with van der Waals surface area (Å²) in [5.41, 5.74) is 1.14. The quantitative estimate of drug-likeness (QED) is 0.795. The fourth-order valence-electron chi connectivity index (χ4n) is 1.94. The van der Waals surface area contributed by atoms with Crippen molar-refractivity contribution in [3.63, 3.8) is 0 Å². The summed E-state index contributed by atoms with van der Waals surface area (Å²) < 4.78 is 0. The zero-order valence-electron chi connectivity index (χ0n) is 10.6. The maximum atomic E-state index is 12.2. The van der Waals surface area contributed by atoms with E-state index >= 15 is 0 Å². The summed E-state index contributed by atoms with van der Waals surface area (Å²) >= 11 is 0. The van der Waals surface area contributed by atoms with E-state index in [1.165, 1.54) is 0 Å². The van der Waals surface area contributed by atoms with E-state index < -0.39 is 0 Å². The summed E-state index contributed by atoms with van der Waals surface area (Å²) in [6, 6.07) is 6.85. The second-order valence-electron chi connectivity index (χ2n) is 4.34. The predicted molar refractivity (Wildman–Crippen MR) is 70.3 cm³/mol. The fraction of sp³-hybridized carbons (Fsp3) is 0.385. The average molecular weight is 249 g/mol. The number of amides is 1. The molecule has 0 spiro atoms. The molecule has 3 N–H and O–H groups in total. The maximum absolute atomic E-state index is 12.2. The molecule has 1 aromatic carbocycles. The SMILES string of the molecule is CN1CCN(C(=O)c2cccc(C=O)c2)CC1.N. The van der Waals surface area contributed by atoms with E-state index in [9.17, 15) is 9.59 Å². The molecule has 1 saturated heterocycles. The Labute approximate surface area is 107 Å². The van der Waals surface area contributed by atoms with Gasteiger partial charge in [-0.15, -0.1) is 0 Å². The molecule has 1 amide bonds. The van der Waals surface area contributed by atoms with Gasteiger partial charge in [-0.25, -0.2) is 0 Å². The van der Waals surface area contributed by atoms with Gasteiger partial charge in [0.15, 0.2) is 0 Å². The number of nitrogens with zero attached hydrogens (tertiary/aromatic N) is 2. The van der Waals surface area contributed by atoms with Crippen LogP contribution < -0.4 is 6.15 Å². The normalized spacial score (nSPS) is 15.9. The number of rotatable bonds is 2. The summed E-state index contributed by atoms with van der Waals surface area (Å²) in [6.45, 7) is 3.31. The van der Waals surface area contributed by atoms with Crippen LogP contribution in [-0.4, -0.2) is 55.2 Å². The average Bonchev–Trinajstić information content (AvgIpc) is 2.39. The van der Waals surface area contributed by atoms with Gasteiger partial charge >= 0.3 is 0 Å². The van der Waals surface area contributed by atoms with Crippen molar-refractivity contribution in [2.45, 2.75) is 0 Å². The molecule has 5 nitrogen and oxygen atoms in total. The summed E-state index contributed by atoms with van der Waals surface area (Å²) in [5, 5.41) is 0. The summed E-state index contributed by atoms with van der Waals surface area (Å²) in [5.74, 6) is 0.0156. The van der Waals surface area contributed by atoms with Gasteiger partial charge in [-0.1, -0.05) is 12.1 Å².